The Morgan fingerprint density at radius 1 is 0.929 bits per heavy atom. The molecule has 0 unspecified atom stereocenters. The maximum atomic E-state index is 5.94. The van der Waals surface area contributed by atoms with Crippen molar-refractivity contribution >= 4 is 44.7 Å². The molecule has 0 aliphatic heterocycles. The molecule has 3 aromatic carbocycles. The quantitative estimate of drug-likeness (QED) is 0.324. The summed E-state index contributed by atoms with van der Waals surface area (Å²) >= 11 is 0. The first-order valence-electron chi connectivity index (χ1n) is 9.22. The largest absolute Gasteiger partial charge is 0.456 e. The summed E-state index contributed by atoms with van der Waals surface area (Å²) in [6.07, 6.45) is 3.39. The van der Waals surface area contributed by atoms with Gasteiger partial charge in [0.25, 0.3) is 0 Å². The van der Waals surface area contributed by atoms with Gasteiger partial charge in [-0.1, -0.05) is 49.1 Å². The van der Waals surface area contributed by atoms with E-state index in [4.69, 9.17) is 9.40 Å². The Bertz CT molecular complexity index is 1390. The third-order valence-electron chi connectivity index (χ3n) is 5.02. The van der Waals surface area contributed by atoms with Crippen molar-refractivity contribution in [2.24, 2.45) is 4.99 Å². The molecule has 2 heterocycles. The monoisotopic (exact) mass is 362 g/mol. The summed E-state index contributed by atoms with van der Waals surface area (Å²) in [5.41, 5.74) is 6.63. The summed E-state index contributed by atoms with van der Waals surface area (Å²) < 4.78 is 5.94. The third kappa shape index (κ3) is 2.60. The zero-order chi connectivity index (χ0) is 19.1. The van der Waals surface area contributed by atoms with Gasteiger partial charge in [-0.2, -0.15) is 0 Å². The number of benzene rings is 3. The highest BCUT2D eigenvalue weighted by Crippen LogP contribution is 2.34. The average molecular weight is 362 g/mol. The SMILES string of the molecule is C=C/C=N\c1c(C)ccc2ccc(-c3ccc4oc5ccccc5c4c3)nc12. The second kappa shape index (κ2) is 6.46. The number of aromatic nitrogens is 1. The highest BCUT2D eigenvalue weighted by Gasteiger charge is 2.11. The smallest absolute Gasteiger partial charge is 0.135 e. The van der Waals surface area contributed by atoms with E-state index in [1.165, 1.54) is 0 Å². The topological polar surface area (TPSA) is 38.4 Å². The van der Waals surface area contributed by atoms with Gasteiger partial charge in [0.15, 0.2) is 0 Å². The number of furan rings is 1. The van der Waals surface area contributed by atoms with Crippen molar-refractivity contribution in [2.75, 3.05) is 0 Å². The van der Waals surface area contributed by atoms with Crippen LogP contribution in [-0.2, 0) is 0 Å². The molecule has 0 saturated heterocycles. The van der Waals surface area contributed by atoms with E-state index in [1.54, 1.807) is 12.3 Å². The molecule has 5 aromatic rings. The number of aryl methyl sites for hydroxylation is 1. The zero-order valence-corrected chi connectivity index (χ0v) is 15.5. The number of rotatable bonds is 3. The average Bonchev–Trinajstić information content (AvgIpc) is 3.10. The lowest BCUT2D eigenvalue weighted by atomic mass is 10.0. The third-order valence-corrected chi connectivity index (χ3v) is 5.02. The van der Waals surface area contributed by atoms with Crippen molar-refractivity contribution in [1.82, 2.24) is 4.98 Å². The van der Waals surface area contributed by atoms with Crippen LogP contribution < -0.4 is 0 Å². The lowest BCUT2D eigenvalue weighted by Crippen LogP contribution is -1.88. The second-order valence-corrected chi connectivity index (χ2v) is 6.82. The number of fused-ring (bicyclic) bond motifs is 4. The van der Waals surface area contributed by atoms with E-state index in [-0.39, 0.29) is 0 Å². The molecule has 3 nitrogen and oxygen atoms in total. The zero-order valence-electron chi connectivity index (χ0n) is 15.5. The van der Waals surface area contributed by atoms with Gasteiger partial charge in [0.1, 0.15) is 11.2 Å². The highest BCUT2D eigenvalue weighted by molar-refractivity contribution is 6.06. The number of allylic oxidation sites excluding steroid dienone is 1. The van der Waals surface area contributed by atoms with E-state index in [9.17, 15) is 0 Å². The number of pyridine rings is 1. The molecular weight excluding hydrogens is 344 g/mol. The Kier molecular flexibility index (Phi) is 3.80. The molecule has 0 atom stereocenters. The predicted molar refractivity (Wildman–Crippen MR) is 118 cm³/mol. The first-order valence-corrected chi connectivity index (χ1v) is 9.22. The molecule has 5 rings (SSSR count). The van der Waals surface area contributed by atoms with Crippen LogP contribution in [0.1, 0.15) is 5.56 Å². The van der Waals surface area contributed by atoms with Gasteiger partial charge >= 0.3 is 0 Å². The Labute approximate surface area is 162 Å². The summed E-state index contributed by atoms with van der Waals surface area (Å²) in [5, 5.41) is 3.29. The molecule has 2 aromatic heterocycles. The van der Waals surface area contributed by atoms with Crippen molar-refractivity contribution < 1.29 is 4.42 Å². The van der Waals surface area contributed by atoms with E-state index in [0.29, 0.717) is 0 Å². The summed E-state index contributed by atoms with van der Waals surface area (Å²) in [5.74, 6) is 0. The van der Waals surface area contributed by atoms with Crippen molar-refractivity contribution in [3.8, 4) is 11.3 Å². The van der Waals surface area contributed by atoms with Crippen LogP contribution in [0.15, 0.2) is 88.8 Å². The van der Waals surface area contributed by atoms with Gasteiger partial charge in [0, 0.05) is 27.9 Å². The van der Waals surface area contributed by atoms with E-state index >= 15 is 0 Å². The van der Waals surface area contributed by atoms with Crippen LogP contribution in [0.4, 0.5) is 5.69 Å². The minimum absolute atomic E-state index is 0.883. The van der Waals surface area contributed by atoms with Crippen LogP contribution in [0.25, 0.3) is 44.1 Å². The van der Waals surface area contributed by atoms with Gasteiger partial charge in [0.2, 0.25) is 0 Å². The molecule has 0 amide bonds. The number of nitrogens with zero attached hydrogens (tertiary/aromatic N) is 2. The molecule has 0 saturated carbocycles. The summed E-state index contributed by atoms with van der Waals surface area (Å²) in [6.45, 7) is 5.77. The summed E-state index contributed by atoms with van der Waals surface area (Å²) in [6, 6.07) is 22.6. The van der Waals surface area contributed by atoms with Gasteiger partial charge < -0.3 is 4.42 Å². The molecular formula is C25H18N2O. The van der Waals surface area contributed by atoms with E-state index in [1.807, 2.05) is 31.2 Å². The van der Waals surface area contributed by atoms with Crippen LogP contribution in [0.5, 0.6) is 0 Å². The summed E-state index contributed by atoms with van der Waals surface area (Å²) in [7, 11) is 0. The van der Waals surface area contributed by atoms with Gasteiger partial charge in [-0.05, 0) is 42.8 Å². The van der Waals surface area contributed by atoms with Gasteiger partial charge in [-0.3, -0.25) is 4.99 Å². The van der Waals surface area contributed by atoms with Crippen molar-refractivity contribution in [1.29, 1.82) is 0 Å². The molecule has 0 bridgehead atoms. The first kappa shape index (κ1) is 16.5. The Balaban J connectivity index is 1.73. The molecule has 134 valence electrons. The van der Waals surface area contributed by atoms with Crippen LogP contribution in [-0.4, -0.2) is 11.2 Å². The van der Waals surface area contributed by atoms with Crippen molar-refractivity contribution in [2.45, 2.75) is 6.92 Å². The molecule has 0 radical (unpaired) electrons. The minimum Gasteiger partial charge on any atom is -0.456 e. The molecule has 0 N–H and O–H groups in total. The lowest BCUT2D eigenvalue weighted by Gasteiger charge is -2.08. The van der Waals surface area contributed by atoms with Crippen LogP contribution in [0, 0.1) is 6.92 Å². The van der Waals surface area contributed by atoms with Gasteiger partial charge in [-0.25, -0.2) is 4.98 Å². The number of para-hydroxylation sites is 1. The van der Waals surface area contributed by atoms with E-state index in [0.717, 1.165) is 55.3 Å². The Morgan fingerprint density at radius 3 is 2.64 bits per heavy atom. The van der Waals surface area contributed by atoms with E-state index < -0.39 is 0 Å². The van der Waals surface area contributed by atoms with Gasteiger partial charge in [-0.15, -0.1) is 0 Å². The molecule has 28 heavy (non-hydrogen) atoms. The molecule has 3 heteroatoms. The number of hydrogen-bond donors (Lipinski definition) is 0. The summed E-state index contributed by atoms with van der Waals surface area (Å²) in [4.78, 5) is 9.50. The Hall–Kier alpha value is -3.72. The normalized spacial score (nSPS) is 11.8. The van der Waals surface area contributed by atoms with Crippen molar-refractivity contribution in [3.63, 3.8) is 0 Å². The number of aliphatic imine (C=N–C) groups is 1. The van der Waals surface area contributed by atoms with Gasteiger partial charge in [0.05, 0.1) is 16.9 Å². The number of hydrogen-bond acceptors (Lipinski definition) is 3. The molecule has 0 aliphatic rings. The molecule has 0 fully saturated rings. The van der Waals surface area contributed by atoms with Crippen LogP contribution in [0.3, 0.4) is 0 Å². The predicted octanol–water partition coefficient (Wildman–Crippen LogP) is 7.00. The molecule has 0 spiro atoms. The maximum absolute atomic E-state index is 5.94. The lowest BCUT2D eigenvalue weighted by molar-refractivity contribution is 0.669. The fourth-order valence-corrected chi connectivity index (χ4v) is 3.61. The standard InChI is InChI=1S/C25H18N2O/c1-3-14-26-24-16(2)8-9-17-10-12-21(27-25(17)24)18-11-13-23-20(15-18)19-6-4-5-7-22(19)28-23/h3-15H,1H2,2H3/b26-14-. The fourth-order valence-electron chi connectivity index (χ4n) is 3.61. The molecule has 0 aliphatic carbocycles. The van der Waals surface area contributed by atoms with E-state index in [2.05, 4.69) is 54.0 Å². The van der Waals surface area contributed by atoms with Crippen molar-refractivity contribution in [3.05, 3.63) is 84.9 Å². The van der Waals surface area contributed by atoms with Crippen LogP contribution in [0.2, 0.25) is 0 Å². The first-order chi connectivity index (χ1) is 13.7. The Morgan fingerprint density at radius 2 is 1.75 bits per heavy atom. The second-order valence-electron chi connectivity index (χ2n) is 6.82. The van der Waals surface area contributed by atoms with Crippen LogP contribution >= 0.6 is 0 Å². The fraction of sp³-hybridized carbons (Fsp3) is 0.0400. The highest BCUT2D eigenvalue weighted by atomic mass is 16.3. The minimum atomic E-state index is 0.883. The maximum Gasteiger partial charge on any atom is 0.135 e.